The van der Waals surface area contributed by atoms with Crippen molar-refractivity contribution in [3.63, 3.8) is 0 Å². The molecule has 1 aromatic carbocycles. The van der Waals surface area contributed by atoms with Crippen molar-refractivity contribution in [3.8, 4) is 0 Å². The molecule has 23 heavy (non-hydrogen) atoms. The van der Waals surface area contributed by atoms with Crippen LogP contribution in [-0.2, 0) is 4.79 Å². The van der Waals surface area contributed by atoms with E-state index in [1.807, 2.05) is 0 Å². The Morgan fingerprint density at radius 2 is 1.96 bits per heavy atom. The molecule has 0 spiro atoms. The Hall–Kier alpha value is -1.90. The van der Waals surface area contributed by atoms with Crippen molar-refractivity contribution in [1.29, 1.82) is 0 Å². The SMILES string of the molecule is Cc1cc(N2C(=O)C=C(F)N3CCN=C32)c(F)cc1Br.FCF. The van der Waals surface area contributed by atoms with Crippen LogP contribution in [0.2, 0.25) is 0 Å². The van der Waals surface area contributed by atoms with Gasteiger partial charge in [-0.2, -0.15) is 4.39 Å². The molecule has 9 heteroatoms. The molecule has 2 aliphatic heterocycles. The van der Waals surface area contributed by atoms with Gasteiger partial charge in [-0.25, -0.2) is 18.1 Å². The van der Waals surface area contributed by atoms with Crippen molar-refractivity contribution in [1.82, 2.24) is 4.90 Å². The van der Waals surface area contributed by atoms with Gasteiger partial charge in [-0.15, -0.1) is 0 Å². The highest BCUT2D eigenvalue weighted by atomic mass is 79.9. The van der Waals surface area contributed by atoms with Gasteiger partial charge >= 0.3 is 0 Å². The molecule has 0 aliphatic carbocycles. The number of aliphatic imine (C=N–C) groups is 1. The number of carbonyl (C=O) groups excluding carboxylic acids is 1. The lowest BCUT2D eigenvalue weighted by Crippen LogP contribution is -2.48. The number of rotatable bonds is 1. The number of guanidine groups is 1. The second-order valence-corrected chi connectivity index (χ2v) is 5.48. The zero-order valence-corrected chi connectivity index (χ0v) is 13.6. The molecular formula is C14H12BrF4N3O. The van der Waals surface area contributed by atoms with Crippen LogP contribution in [-0.4, -0.2) is 36.8 Å². The topological polar surface area (TPSA) is 35.9 Å². The molecule has 0 bridgehead atoms. The van der Waals surface area contributed by atoms with E-state index in [-0.39, 0.29) is 11.6 Å². The minimum Gasteiger partial charge on any atom is -0.286 e. The molecule has 0 saturated carbocycles. The summed E-state index contributed by atoms with van der Waals surface area (Å²) in [5.74, 6) is -1.73. The predicted molar refractivity (Wildman–Crippen MR) is 81.6 cm³/mol. The largest absolute Gasteiger partial charge is 0.286 e. The molecule has 124 valence electrons. The number of nitrogens with zero attached hydrogens (tertiary/aromatic N) is 3. The maximum atomic E-state index is 14.1. The normalized spacial score (nSPS) is 16.5. The van der Waals surface area contributed by atoms with Crippen molar-refractivity contribution in [2.45, 2.75) is 6.92 Å². The van der Waals surface area contributed by atoms with Gasteiger partial charge in [0.1, 0.15) is 5.82 Å². The molecule has 1 aromatic rings. The zero-order valence-electron chi connectivity index (χ0n) is 12.0. The Morgan fingerprint density at radius 3 is 2.61 bits per heavy atom. The maximum Gasteiger partial charge on any atom is 0.262 e. The van der Waals surface area contributed by atoms with Crippen molar-refractivity contribution in [3.05, 3.63) is 40.0 Å². The van der Waals surface area contributed by atoms with Gasteiger partial charge in [0.15, 0.2) is 0 Å². The van der Waals surface area contributed by atoms with Crippen LogP contribution in [0.25, 0.3) is 0 Å². The molecule has 0 N–H and O–H groups in total. The van der Waals surface area contributed by atoms with E-state index >= 15 is 0 Å². The Balaban J connectivity index is 0.000000595. The van der Waals surface area contributed by atoms with Crippen molar-refractivity contribution in [2.75, 3.05) is 24.9 Å². The van der Waals surface area contributed by atoms with E-state index in [2.05, 4.69) is 20.9 Å². The van der Waals surface area contributed by atoms with Gasteiger partial charge < -0.3 is 0 Å². The van der Waals surface area contributed by atoms with Gasteiger partial charge in [0, 0.05) is 11.0 Å². The molecule has 0 unspecified atom stereocenters. The summed E-state index contributed by atoms with van der Waals surface area (Å²) in [4.78, 5) is 18.5. The van der Waals surface area contributed by atoms with Gasteiger partial charge in [-0.3, -0.25) is 14.7 Å². The smallest absolute Gasteiger partial charge is 0.262 e. The summed E-state index contributed by atoms with van der Waals surface area (Å²) in [5, 5.41) is 0. The maximum absolute atomic E-state index is 14.1. The summed E-state index contributed by atoms with van der Waals surface area (Å²) in [6.45, 7) is 0.752. The Labute approximate surface area is 138 Å². The van der Waals surface area contributed by atoms with Gasteiger partial charge in [-0.05, 0) is 24.6 Å². The van der Waals surface area contributed by atoms with Gasteiger partial charge in [-0.1, -0.05) is 15.9 Å². The zero-order chi connectivity index (χ0) is 17.1. The number of aryl methyl sites for hydroxylation is 1. The van der Waals surface area contributed by atoms with E-state index in [1.54, 1.807) is 6.92 Å². The lowest BCUT2D eigenvalue weighted by Gasteiger charge is -2.31. The number of halogens is 5. The van der Waals surface area contributed by atoms with E-state index in [9.17, 15) is 22.4 Å². The van der Waals surface area contributed by atoms with Crippen LogP contribution in [0.5, 0.6) is 0 Å². The average Bonchev–Trinajstić information content (AvgIpc) is 2.95. The highest BCUT2D eigenvalue weighted by Crippen LogP contribution is 2.31. The number of hydrogen-bond acceptors (Lipinski definition) is 3. The first kappa shape index (κ1) is 17.5. The summed E-state index contributed by atoms with van der Waals surface area (Å²) < 4.78 is 47.7. The highest BCUT2D eigenvalue weighted by molar-refractivity contribution is 9.10. The number of benzene rings is 1. The summed E-state index contributed by atoms with van der Waals surface area (Å²) in [5.41, 5.74) is 0.847. The molecule has 0 radical (unpaired) electrons. The molecule has 3 rings (SSSR count). The third-order valence-corrected chi connectivity index (χ3v) is 4.06. The van der Waals surface area contributed by atoms with Crippen LogP contribution in [0.3, 0.4) is 0 Å². The lowest BCUT2D eigenvalue weighted by atomic mass is 10.2. The fourth-order valence-corrected chi connectivity index (χ4v) is 2.53. The Morgan fingerprint density at radius 1 is 1.30 bits per heavy atom. The molecule has 0 fully saturated rings. The van der Waals surface area contributed by atoms with E-state index in [4.69, 9.17) is 0 Å². The van der Waals surface area contributed by atoms with Crippen LogP contribution in [0.1, 0.15) is 5.56 Å². The number of amides is 1. The van der Waals surface area contributed by atoms with Gasteiger partial charge in [0.25, 0.3) is 5.91 Å². The first-order valence-corrected chi connectivity index (χ1v) is 7.30. The average molecular weight is 394 g/mol. The highest BCUT2D eigenvalue weighted by Gasteiger charge is 2.36. The second kappa shape index (κ2) is 7.12. The number of anilines is 1. The molecule has 1 amide bonds. The molecule has 2 heterocycles. The van der Waals surface area contributed by atoms with Crippen molar-refractivity contribution >= 4 is 33.5 Å². The lowest BCUT2D eigenvalue weighted by molar-refractivity contribution is -0.113. The Kier molecular flexibility index (Phi) is 5.40. The number of hydrogen-bond donors (Lipinski definition) is 0. The van der Waals surface area contributed by atoms with E-state index < -0.39 is 24.6 Å². The van der Waals surface area contributed by atoms with Crippen LogP contribution < -0.4 is 4.90 Å². The van der Waals surface area contributed by atoms with Crippen molar-refractivity contribution < 1.29 is 22.4 Å². The standard InChI is InChI=1S/C13H10BrF2N3O.CH2F2/c1-7-4-10(9(15)5-8(7)14)19-12(20)6-11(16)18-3-2-17-13(18)19;2-1-3/h4-6H,2-3H2,1H3;1H2. The quantitative estimate of drug-likeness (QED) is 0.539. The third-order valence-electron chi connectivity index (χ3n) is 3.21. The monoisotopic (exact) mass is 393 g/mol. The van der Waals surface area contributed by atoms with Crippen LogP contribution >= 0.6 is 15.9 Å². The number of carbonyl (C=O) groups is 1. The fraction of sp³-hybridized carbons (Fsp3) is 0.286. The summed E-state index contributed by atoms with van der Waals surface area (Å²) in [6.07, 6.45) is 0.848. The fourth-order valence-electron chi connectivity index (χ4n) is 2.21. The molecule has 0 saturated heterocycles. The van der Waals surface area contributed by atoms with E-state index in [0.717, 1.165) is 16.5 Å². The summed E-state index contributed by atoms with van der Waals surface area (Å²) >= 11 is 3.23. The minimum atomic E-state index is -1.75. The van der Waals surface area contributed by atoms with Crippen LogP contribution in [0.15, 0.2) is 33.6 Å². The Bertz CT molecular complexity index is 693. The first-order chi connectivity index (χ1) is 10.9. The second-order valence-electron chi connectivity index (χ2n) is 4.63. The first-order valence-electron chi connectivity index (χ1n) is 6.51. The van der Waals surface area contributed by atoms with E-state index in [0.29, 0.717) is 17.6 Å². The van der Waals surface area contributed by atoms with Gasteiger partial charge in [0.2, 0.25) is 18.8 Å². The van der Waals surface area contributed by atoms with Crippen LogP contribution in [0, 0.1) is 12.7 Å². The van der Waals surface area contributed by atoms with Gasteiger partial charge in [0.05, 0.1) is 18.3 Å². The van der Waals surface area contributed by atoms with Crippen molar-refractivity contribution in [2.24, 2.45) is 4.99 Å². The predicted octanol–water partition coefficient (Wildman–Crippen LogP) is 3.61. The molecular weight excluding hydrogens is 382 g/mol. The number of alkyl halides is 2. The molecule has 0 aromatic heterocycles. The summed E-state index contributed by atoms with van der Waals surface area (Å²) in [7, 11) is 0. The molecule has 0 atom stereocenters. The van der Waals surface area contributed by atoms with Crippen LogP contribution in [0.4, 0.5) is 23.2 Å². The molecule has 2 aliphatic rings. The van der Waals surface area contributed by atoms with E-state index in [1.165, 1.54) is 17.0 Å². The third kappa shape index (κ3) is 3.39. The minimum absolute atomic E-state index is 0.0742. The number of fused-ring (bicyclic) bond motifs is 1. The summed E-state index contributed by atoms with van der Waals surface area (Å²) in [6, 6.07) is 2.82. The molecule has 4 nitrogen and oxygen atoms in total.